The molecule has 1 rings (SSSR count). The van der Waals surface area contributed by atoms with E-state index in [0.29, 0.717) is 0 Å². The second kappa shape index (κ2) is 2.24. The number of rotatable bonds is 3. The Morgan fingerprint density at radius 1 is 1.56 bits per heavy atom. The van der Waals surface area contributed by atoms with Crippen LogP contribution in [0.1, 0.15) is 12.8 Å². The molecule has 1 aliphatic carbocycles. The summed E-state index contributed by atoms with van der Waals surface area (Å²) >= 11 is 0. The van der Waals surface area contributed by atoms with Gasteiger partial charge in [-0.05, 0) is 12.8 Å². The Kier molecular flexibility index (Phi) is 1.74. The minimum absolute atomic E-state index is 0.264. The molecule has 0 amide bonds. The van der Waals surface area contributed by atoms with Gasteiger partial charge in [-0.3, -0.25) is 0 Å². The van der Waals surface area contributed by atoms with Gasteiger partial charge in [-0.2, -0.15) is 18.2 Å². The lowest BCUT2D eigenvalue weighted by molar-refractivity contribution is 0.200. The molecule has 0 radical (unpaired) electrons. The summed E-state index contributed by atoms with van der Waals surface area (Å²) < 4.78 is 24.8. The summed E-state index contributed by atoms with van der Waals surface area (Å²) in [5, 5.41) is 0. The normalized spacial score (nSPS) is 20.1. The average Bonchev–Trinajstić information content (AvgIpc) is 2.38. The van der Waals surface area contributed by atoms with E-state index in [0.717, 1.165) is 19.1 Å². The number of hydroxylamine groups is 1. The van der Waals surface area contributed by atoms with Crippen LogP contribution in [0.5, 0.6) is 0 Å². The minimum Gasteiger partial charge on any atom is -0.198 e. The highest BCUT2D eigenvalue weighted by Crippen LogP contribution is 2.18. The van der Waals surface area contributed by atoms with Crippen LogP contribution in [-0.2, 0) is 14.4 Å². The molecule has 0 heterocycles. The fourth-order valence-electron chi connectivity index (χ4n) is 0.357. The topological polar surface area (TPSA) is 55.4 Å². The van der Waals surface area contributed by atoms with Crippen molar-refractivity contribution < 1.29 is 12.7 Å². The van der Waals surface area contributed by atoms with Crippen molar-refractivity contribution in [2.24, 2.45) is 0 Å². The summed E-state index contributed by atoms with van der Waals surface area (Å²) in [6.07, 6.45) is 3.04. The van der Waals surface area contributed by atoms with E-state index < -0.39 is 10.1 Å². The summed E-state index contributed by atoms with van der Waals surface area (Å²) in [6.45, 7) is 0. The molecule has 0 unspecified atom stereocenters. The number of hydrogen-bond acceptors (Lipinski definition) is 4. The second-order valence-electron chi connectivity index (χ2n) is 2.18. The van der Waals surface area contributed by atoms with Gasteiger partial charge in [-0.25, -0.2) is 0 Å². The van der Waals surface area contributed by atoms with Gasteiger partial charge in [0.25, 0.3) is 10.1 Å². The van der Waals surface area contributed by atoms with Crippen molar-refractivity contribution in [3.63, 3.8) is 0 Å². The fourth-order valence-corrected chi connectivity index (χ4v) is 0.667. The predicted molar refractivity (Wildman–Crippen MR) is 32.1 cm³/mol. The quantitative estimate of drug-likeness (QED) is 0.559. The lowest BCUT2D eigenvalue weighted by Crippen LogP contribution is -2.20. The Morgan fingerprint density at radius 2 is 2.11 bits per heavy atom. The Hall–Kier alpha value is -0.130. The molecule has 0 saturated heterocycles. The summed E-state index contributed by atoms with van der Waals surface area (Å²) in [5.41, 5.74) is 2.41. The van der Waals surface area contributed by atoms with E-state index in [1.165, 1.54) is 0 Å². The van der Waals surface area contributed by atoms with Crippen LogP contribution in [0.4, 0.5) is 0 Å². The lowest BCUT2D eigenvalue weighted by Gasteiger charge is -1.97. The first-order valence-electron chi connectivity index (χ1n) is 2.72. The first kappa shape index (κ1) is 6.98. The Balaban J connectivity index is 2.18. The van der Waals surface area contributed by atoms with E-state index in [-0.39, 0.29) is 6.04 Å². The molecule has 1 N–H and O–H groups in total. The maximum Gasteiger partial charge on any atom is 0.280 e. The molecule has 0 atom stereocenters. The summed E-state index contributed by atoms with van der Waals surface area (Å²) in [7, 11) is -3.29. The molecule has 54 valence electrons. The molecule has 5 heteroatoms. The van der Waals surface area contributed by atoms with Crippen LogP contribution in [0.15, 0.2) is 0 Å². The Bertz CT molecular complexity index is 182. The largest absolute Gasteiger partial charge is 0.280 e. The van der Waals surface area contributed by atoms with Gasteiger partial charge in [0, 0.05) is 6.04 Å². The van der Waals surface area contributed by atoms with Gasteiger partial charge in [0.15, 0.2) is 0 Å². The van der Waals surface area contributed by atoms with Crippen LogP contribution in [-0.4, -0.2) is 20.7 Å². The van der Waals surface area contributed by atoms with E-state index in [1.807, 2.05) is 0 Å². The van der Waals surface area contributed by atoms with E-state index in [4.69, 9.17) is 0 Å². The molecule has 4 nitrogen and oxygen atoms in total. The molecule has 1 aliphatic rings. The SMILES string of the molecule is CS(=O)(=O)ONC1CC1. The molecule has 1 fully saturated rings. The van der Waals surface area contributed by atoms with Crippen LogP contribution >= 0.6 is 0 Å². The zero-order chi connectivity index (χ0) is 6.91. The lowest BCUT2D eigenvalue weighted by atomic mass is 10.8. The highest BCUT2D eigenvalue weighted by Gasteiger charge is 2.22. The smallest absolute Gasteiger partial charge is 0.198 e. The molecule has 0 aliphatic heterocycles. The summed E-state index contributed by atoms with van der Waals surface area (Å²) in [5.74, 6) is 0. The van der Waals surface area contributed by atoms with E-state index in [9.17, 15) is 8.42 Å². The maximum atomic E-state index is 10.3. The molecule has 9 heavy (non-hydrogen) atoms. The zero-order valence-corrected chi connectivity index (χ0v) is 5.94. The van der Waals surface area contributed by atoms with Crippen molar-refractivity contribution in [1.82, 2.24) is 5.48 Å². The highest BCUT2D eigenvalue weighted by molar-refractivity contribution is 7.85. The van der Waals surface area contributed by atoms with Gasteiger partial charge in [0.05, 0.1) is 6.26 Å². The summed E-state index contributed by atoms with van der Waals surface area (Å²) in [6, 6.07) is 0.264. The maximum absolute atomic E-state index is 10.3. The van der Waals surface area contributed by atoms with E-state index in [2.05, 4.69) is 9.76 Å². The third-order valence-corrected chi connectivity index (χ3v) is 1.34. The standard InChI is InChI=1S/C4H9NO3S/c1-9(6,7)8-5-4-2-3-4/h4-5H,2-3H2,1H3. The van der Waals surface area contributed by atoms with Gasteiger partial charge in [-0.15, -0.1) is 0 Å². The van der Waals surface area contributed by atoms with Crippen molar-refractivity contribution in [2.45, 2.75) is 18.9 Å². The Morgan fingerprint density at radius 3 is 2.44 bits per heavy atom. The minimum atomic E-state index is -3.29. The highest BCUT2D eigenvalue weighted by atomic mass is 32.2. The molecule has 0 aromatic carbocycles. The van der Waals surface area contributed by atoms with Crippen LogP contribution in [0, 0.1) is 0 Å². The Labute approximate surface area is 54.3 Å². The van der Waals surface area contributed by atoms with Gasteiger partial charge in [-0.1, -0.05) is 0 Å². The molecule has 0 aromatic rings. The first-order chi connectivity index (χ1) is 4.08. The molecular formula is C4H9NO3S. The molecular weight excluding hydrogens is 142 g/mol. The van der Waals surface area contributed by atoms with Crippen molar-refractivity contribution >= 4 is 10.1 Å². The monoisotopic (exact) mass is 151 g/mol. The van der Waals surface area contributed by atoms with Crippen LogP contribution in [0.3, 0.4) is 0 Å². The van der Waals surface area contributed by atoms with Crippen LogP contribution < -0.4 is 5.48 Å². The van der Waals surface area contributed by atoms with Crippen molar-refractivity contribution in [3.8, 4) is 0 Å². The molecule has 0 spiro atoms. The number of nitrogens with one attached hydrogen (secondary N) is 1. The van der Waals surface area contributed by atoms with Gasteiger partial charge in [0.1, 0.15) is 0 Å². The fraction of sp³-hybridized carbons (Fsp3) is 1.00. The van der Waals surface area contributed by atoms with Crippen molar-refractivity contribution in [2.75, 3.05) is 6.26 Å². The average molecular weight is 151 g/mol. The first-order valence-corrected chi connectivity index (χ1v) is 4.53. The van der Waals surface area contributed by atoms with E-state index >= 15 is 0 Å². The van der Waals surface area contributed by atoms with Gasteiger partial charge >= 0.3 is 0 Å². The summed E-state index contributed by atoms with van der Waals surface area (Å²) in [4.78, 5) is 0. The molecule has 0 bridgehead atoms. The predicted octanol–water partition coefficient (Wildman–Crippen LogP) is -0.370. The third kappa shape index (κ3) is 3.45. The van der Waals surface area contributed by atoms with E-state index in [1.54, 1.807) is 0 Å². The second-order valence-corrected chi connectivity index (χ2v) is 3.75. The van der Waals surface area contributed by atoms with Crippen LogP contribution in [0.25, 0.3) is 0 Å². The third-order valence-electron chi connectivity index (χ3n) is 0.944. The zero-order valence-electron chi connectivity index (χ0n) is 5.12. The van der Waals surface area contributed by atoms with Crippen LogP contribution in [0.2, 0.25) is 0 Å². The van der Waals surface area contributed by atoms with Crippen molar-refractivity contribution in [3.05, 3.63) is 0 Å². The molecule has 0 aromatic heterocycles. The number of hydrogen-bond donors (Lipinski definition) is 1. The van der Waals surface area contributed by atoms with Crippen molar-refractivity contribution in [1.29, 1.82) is 0 Å². The molecule has 1 saturated carbocycles. The van der Waals surface area contributed by atoms with Gasteiger partial charge < -0.3 is 0 Å². The van der Waals surface area contributed by atoms with Gasteiger partial charge in [0.2, 0.25) is 0 Å².